The first-order chi connectivity index (χ1) is 20.9. The minimum atomic E-state index is -1.97. The van der Waals surface area contributed by atoms with Crippen LogP contribution in [-0.4, -0.2) is 41.0 Å². The summed E-state index contributed by atoms with van der Waals surface area (Å²) in [4.78, 5) is 7.97. The van der Waals surface area contributed by atoms with Gasteiger partial charge in [-0.2, -0.15) is 10.2 Å². The highest BCUT2D eigenvalue weighted by atomic mass is 19.1. The lowest BCUT2D eigenvalue weighted by Gasteiger charge is -2.23. The summed E-state index contributed by atoms with van der Waals surface area (Å²) in [5, 5.41) is 23.3. The van der Waals surface area contributed by atoms with Crippen molar-refractivity contribution >= 4 is 5.52 Å². The van der Waals surface area contributed by atoms with Gasteiger partial charge >= 0.3 is 0 Å². The van der Waals surface area contributed by atoms with Crippen LogP contribution in [0.15, 0.2) is 98.0 Å². The molecule has 214 valence electrons. The van der Waals surface area contributed by atoms with E-state index in [0.29, 0.717) is 18.3 Å². The number of halogens is 3. The molecule has 1 unspecified atom stereocenters. The summed E-state index contributed by atoms with van der Waals surface area (Å²) < 4.78 is 44.9. The molecule has 0 fully saturated rings. The normalized spacial score (nSPS) is 12.6. The summed E-state index contributed by atoms with van der Waals surface area (Å²) >= 11 is 0. The Kier molecular flexibility index (Phi) is 7.70. The van der Waals surface area contributed by atoms with E-state index in [1.807, 2.05) is 30.5 Å². The van der Waals surface area contributed by atoms with Crippen molar-refractivity contribution in [3.63, 3.8) is 0 Å². The van der Waals surface area contributed by atoms with Crippen molar-refractivity contribution in [2.24, 2.45) is 0 Å². The Balaban J connectivity index is 1.23. The van der Waals surface area contributed by atoms with Crippen LogP contribution in [0.2, 0.25) is 0 Å². The Labute approximate surface area is 244 Å². The maximum Gasteiger partial charge on any atom is 0.173 e. The predicted octanol–water partition coefficient (Wildman–Crippen LogP) is 4.75. The number of nitrogens with zero attached hydrogens (tertiary/aromatic N) is 6. The van der Waals surface area contributed by atoms with Crippen LogP contribution in [0.4, 0.5) is 13.2 Å². The van der Waals surface area contributed by atoms with Crippen LogP contribution in [-0.2, 0) is 18.7 Å². The van der Waals surface area contributed by atoms with Crippen LogP contribution in [0.1, 0.15) is 11.1 Å². The third-order valence-electron chi connectivity index (χ3n) is 6.85. The summed E-state index contributed by atoms with van der Waals surface area (Å²) in [7, 11) is 0. The second kappa shape index (κ2) is 11.9. The Morgan fingerprint density at radius 2 is 1.67 bits per heavy atom. The number of nitrogens with one attached hydrogen (secondary N) is 1. The molecule has 11 heteroatoms. The third kappa shape index (κ3) is 6.01. The Hall–Kier alpha value is -5.31. The molecule has 0 aliphatic rings. The third-order valence-corrected chi connectivity index (χ3v) is 6.85. The van der Waals surface area contributed by atoms with Crippen molar-refractivity contribution in [1.82, 2.24) is 34.7 Å². The average Bonchev–Trinajstić information content (AvgIpc) is 3.65. The van der Waals surface area contributed by atoms with Crippen LogP contribution in [0.25, 0.3) is 27.9 Å². The number of rotatable bonds is 8. The summed E-state index contributed by atoms with van der Waals surface area (Å²) in [5.74, 6) is 3.58. The number of aromatic nitrogens is 6. The average molecular weight is 580 g/mol. The second-order valence-corrected chi connectivity index (χ2v) is 9.82. The molecule has 6 aromatic rings. The molecule has 0 aliphatic carbocycles. The standard InChI is InChI=1S/C32H24F3N7O/c33-25-5-3-24(4-6-25)31-30(23-10-14-36-15-11-23)29-9-2-22(18-42(29)40-31)17-37-13-1-12-32(43,19-41-21-38-20-39-41)27-8-7-26(34)16-28(27)35/h2-11,14-16,18,20-21,37,43H,13,17,19H2. The van der Waals surface area contributed by atoms with Gasteiger partial charge in [-0.15, -0.1) is 0 Å². The van der Waals surface area contributed by atoms with E-state index in [1.165, 1.54) is 35.5 Å². The highest BCUT2D eigenvalue weighted by Gasteiger charge is 2.31. The highest BCUT2D eigenvalue weighted by Crippen LogP contribution is 2.35. The van der Waals surface area contributed by atoms with Crippen molar-refractivity contribution in [2.45, 2.75) is 18.7 Å². The zero-order valence-corrected chi connectivity index (χ0v) is 22.6. The monoisotopic (exact) mass is 579 g/mol. The van der Waals surface area contributed by atoms with Crippen molar-refractivity contribution in [3.05, 3.63) is 127 Å². The van der Waals surface area contributed by atoms with Crippen LogP contribution in [0, 0.1) is 29.3 Å². The zero-order valence-electron chi connectivity index (χ0n) is 22.6. The topological polar surface area (TPSA) is 93.2 Å². The van der Waals surface area contributed by atoms with E-state index in [-0.39, 0.29) is 24.5 Å². The van der Waals surface area contributed by atoms with Gasteiger partial charge in [0.15, 0.2) is 5.60 Å². The molecular formula is C32H24F3N7O. The van der Waals surface area contributed by atoms with Gasteiger partial charge in [0.2, 0.25) is 0 Å². The molecule has 0 bridgehead atoms. The number of benzene rings is 2. The highest BCUT2D eigenvalue weighted by molar-refractivity contribution is 5.92. The van der Waals surface area contributed by atoms with Crippen molar-refractivity contribution in [3.8, 4) is 34.2 Å². The van der Waals surface area contributed by atoms with Gasteiger partial charge in [0, 0.05) is 47.9 Å². The van der Waals surface area contributed by atoms with E-state index in [2.05, 4.69) is 32.2 Å². The van der Waals surface area contributed by atoms with Gasteiger partial charge in [-0.25, -0.2) is 27.4 Å². The minimum absolute atomic E-state index is 0.164. The number of aliphatic hydroxyl groups is 1. The maximum absolute atomic E-state index is 14.6. The molecule has 0 saturated heterocycles. The van der Waals surface area contributed by atoms with E-state index in [4.69, 9.17) is 5.10 Å². The molecule has 8 nitrogen and oxygen atoms in total. The molecule has 2 N–H and O–H groups in total. The molecule has 4 heterocycles. The van der Waals surface area contributed by atoms with Gasteiger partial charge in [-0.3, -0.25) is 4.98 Å². The summed E-state index contributed by atoms with van der Waals surface area (Å²) in [6.45, 7) is 0.394. The second-order valence-electron chi connectivity index (χ2n) is 9.82. The first-order valence-electron chi connectivity index (χ1n) is 13.3. The van der Waals surface area contributed by atoms with Gasteiger partial charge in [0.25, 0.3) is 0 Å². The zero-order chi connectivity index (χ0) is 29.8. The number of hydrogen-bond donors (Lipinski definition) is 2. The van der Waals surface area contributed by atoms with E-state index >= 15 is 0 Å². The first-order valence-corrected chi connectivity index (χ1v) is 13.3. The first kappa shape index (κ1) is 27.8. The van der Waals surface area contributed by atoms with Crippen LogP contribution in [0.5, 0.6) is 0 Å². The molecule has 1 atom stereocenters. The van der Waals surface area contributed by atoms with Crippen molar-refractivity contribution in [1.29, 1.82) is 0 Å². The largest absolute Gasteiger partial charge is 0.371 e. The minimum Gasteiger partial charge on any atom is -0.371 e. The van der Waals surface area contributed by atoms with Crippen LogP contribution >= 0.6 is 0 Å². The van der Waals surface area contributed by atoms with Gasteiger partial charge in [-0.05, 0) is 65.7 Å². The Morgan fingerprint density at radius 1 is 0.884 bits per heavy atom. The van der Waals surface area contributed by atoms with E-state index < -0.39 is 17.2 Å². The molecule has 0 radical (unpaired) electrons. The lowest BCUT2D eigenvalue weighted by atomic mass is 9.93. The fourth-order valence-corrected chi connectivity index (χ4v) is 4.83. The van der Waals surface area contributed by atoms with Crippen molar-refractivity contribution in [2.75, 3.05) is 6.54 Å². The van der Waals surface area contributed by atoms with Gasteiger partial charge in [-0.1, -0.05) is 17.9 Å². The van der Waals surface area contributed by atoms with E-state index in [0.717, 1.165) is 33.8 Å². The lowest BCUT2D eigenvalue weighted by molar-refractivity contribution is 0.0719. The Bertz CT molecular complexity index is 1930. The van der Waals surface area contributed by atoms with E-state index in [9.17, 15) is 18.3 Å². The molecule has 43 heavy (non-hydrogen) atoms. The summed E-state index contributed by atoms with van der Waals surface area (Å²) in [6.07, 6.45) is 7.98. The van der Waals surface area contributed by atoms with Crippen LogP contribution < -0.4 is 5.32 Å². The van der Waals surface area contributed by atoms with Gasteiger partial charge < -0.3 is 10.4 Å². The molecule has 6 rings (SSSR count). The Morgan fingerprint density at radius 3 is 2.42 bits per heavy atom. The molecular weight excluding hydrogens is 555 g/mol. The lowest BCUT2D eigenvalue weighted by Crippen LogP contribution is -2.31. The van der Waals surface area contributed by atoms with Gasteiger partial charge in [0.05, 0.1) is 18.6 Å². The maximum atomic E-state index is 14.6. The fraction of sp³-hybridized carbons (Fsp3) is 0.125. The molecule has 0 spiro atoms. The van der Waals surface area contributed by atoms with Crippen LogP contribution in [0.3, 0.4) is 0 Å². The van der Waals surface area contributed by atoms with E-state index in [1.54, 1.807) is 29.0 Å². The molecule has 2 aromatic carbocycles. The SMILES string of the molecule is OC(C#CCNCc1ccc2c(-c3ccncc3)c(-c3ccc(F)cc3)nn2c1)(Cn1cncn1)c1ccc(F)cc1F. The summed E-state index contributed by atoms with van der Waals surface area (Å²) in [5.41, 5.74) is 2.97. The molecule has 0 amide bonds. The van der Waals surface area contributed by atoms with Gasteiger partial charge in [0.1, 0.15) is 35.8 Å². The number of pyridine rings is 2. The molecule has 0 saturated carbocycles. The fourth-order valence-electron chi connectivity index (χ4n) is 4.83. The quantitative estimate of drug-likeness (QED) is 0.200. The molecule has 0 aliphatic heterocycles. The van der Waals surface area contributed by atoms with Crippen molar-refractivity contribution < 1.29 is 18.3 Å². The molecule has 4 aromatic heterocycles. The number of fused-ring (bicyclic) bond motifs is 1. The summed E-state index contributed by atoms with van der Waals surface area (Å²) in [6, 6.07) is 16.9. The predicted molar refractivity (Wildman–Crippen MR) is 154 cm³/mol. The smallest absolute Gasteiger partial charge is 0.173 e. The number of hydrogen-bond acceptors (Lipinski definition) is 6.